The fraction of sp³-hybridized carbons (Fsp3) is 0.0526. The maximum absolute atomic E-state index is 12.2. The first kappa shape index (κ1) is 16.5. The number of methoxy groups -OCH3 is 1. The van der Waals surface area contributed by atoms with Crippen LogP contribution in [0.25, 0.3) is 16.9 Å². The van der Waals surface area contributed by atoms with E-state index < -0.39 is 0 Å². The van der Waals surface area contributed by atoms with Crippen LogP contribution in [0, 0.1) is 0 Å². The third-order valence-corrected chi connectivity index (χ3v) is 4.04. The maximum atomic E-state index is 12.2. The predicted octanol–water partition coefficient (Wildman–Crippen LogP) is 3.70. The van der Waals surface area contributed by atoms with E-state index in [1.54, 1.807) is 23.8 Å². The van der Waals surface area contributed by atoms with Crippen molar-refractivity contribution in [2.24, 2.45) is 10.2 Å². The van der Waals surface area contributed by atoms with Gasteiger partial charge in [0.2, 0.25) is 0 Å². The molecule has 0 unspecified atom stereocenters. The Bertz CT molecular complexity index is 1190. The highest BCUT2D eigenvalue weighted by molar-refractivity contribution is 5.78. The van der Waals surface area contributed by atoms with Gasteiger partial charge in [0.05, 0.1) is 12.8 Å². The number of nitrogens with two attached hydrogens (primary N) is 1. The van der Waals surface area contributed by atoms with Crippen molar-refractivity contribution in [2.45, 2.75) is 0 Å². The molecule has 0 bridgehead atoms. The highest BCUT2D eigenvalue weighted by Crippen LogP contribution is 2.33. The number of aromatic amines is 1. The van der Waals surface area contributed by atoms with Crippen LogP contribution in [-0.4, -0.2) is 21.7 Å². The van der Waals surface area contributed by atoms with Gasteiger partial charge in [0.25, 0.3) is 5.56 Å². The number of nitrogens with zero attached hydrogens (tertiary/aromatic N) is 4. The second kappa shape index (κ2) is 6.75. The summed E-state index contributed by atoms with van der Waals surface area (Å²) >= 11 is 0. The van der Waals surface area contributed by atoms with E-state index in [9.17, 15) is 4.79 Å². The first-order chi connectivity index (χ1) is 13.2. The van der Waals surface area contributed by atoms with E-state index in [0.717, 1.165) is 5.56 Å². The predicted molar refractivity (Wildman–Crippen MR) is 103 cm³/mol. The zero-order valence-electron chi connectivity index (χ0n) is 14.5. The van der Waals surface area contributed by atoms with E-state index >= 15 is 0 Å². The lowest BCUT2D eigenvalue weighted by Gasteiger charge is -2.04. The molecule has 0 saturated heterocycles. The molecule has 8 nitrogen and oxygen atoms in total. The number of H-pyrrole nitrogens is 1. The van der Waals surface area contributed by atoms with Gasteiger partial charge in [-0.25, -0.2) is 4.52 Å². The molecule has 0 atom stereocenters. The molecule has 8 heteroatoms. The molecule has 3 N–H and O–H groups in total. The van der Waals surface area contributed by atoms with Gasteiger partial charge in [-0.3, -0.25) is 4.79 Å². The molecule has 27 heavy (non-hydrogen) atoms. The standard InChI is InChI=1S/C19H16N6O2/c1-27-15-10-6-5-9-13(15)22-23-17-18(20)24-25-14(11-16(26)21-19(17)25)12-7-3-2-4-8-12/h2-11H,1H3,(H2,20,24)(H,21,26). The summed E-state index contributed by atoms with van der Waals surface area (Å²) in [5.74, 6) is 0.738. The van der Waals surface area contributed by atoms with Crippen LogP contribution in [0.15, 0.2) is 75.7 Å². The SMILES string of the molecule is COc1ccccc1N=Nc1c(N)nn2c(-c3ccccc3)cc(=O)[nH]c12. The van der Waals surface area contributed by atoms with Crippen molar-refractivity contribution >= 4 is 22.8 Å². The Labute approximate surface area is 153 Å². The number of rotatable bonds is 4. The minimum Gasteiger partial charge on any atom is -0.494 e. The molecule has 2 heterocycles. The lowest BCUT2D eigenvalue weighted by molar-refractivity contribution is 0.416. The molecule has 0 aliphatic rings. The number of hydrogen-bond donors (Lipinski definition) is 2. The third kappa shape index (κ3) is 3.04. The molecular weight excluding hydrogens is 344 g/mol. The molecule has 0 amide bonds. The highest BCUT2D eigenvalue weighted by atomic mass is 16.5. The molecule has 0 aliphatic heterocycles. The summed E-state index contributed by atoms with van der Waals surface area (Å²) in [6.07, 6.45) is 0. The number of benzene rings is 2. The normalized spacial score (nSPS) is 11.3. The number of fused-ring (bicyclic) bond motifs is 1. The molecule has 0 spiro atoms. The lowest BCUT2D eigenvalue weighted by Crippen LogP contribution is -2.09. The molecule has 2 aromatic carbocycles. The van der Waals surface area contributed by atoms with Crippen molar-refractivity contribution in [3.8, 4) is 17.0 Å². The summed E-state index contributed by atoms with van der Waals surface area (Å²) in [5, 5.41) is 12.7. The molecule has 0 saturated carbocycles. The van der Waals surface area contributed by atoms with Crippen LogP contribution in [0.5, 0.6) is 5.75 Å². The highest BCUT2D eigenvalue weighted by Gasteiger charge is 2.15. The monoisotopic (exact) mass is 360 g/mol. The molecule has 0 radical (unpaired) electrons. The molecule has 134 valence electrons. The first-order valence-electron chi connectivity index (χ1n) is 8.19. The van der Waals surface area contributed by atoms with Gasteiger partial charge in [0.1, 0.15) is 11.4 Å². The topological polar surface area (TPSA) is 110 Å². The van der Waals surface area contributed by atoms with Gasteiger partial charge in [-0.05, 0) is 12.1 Å². The van der Waals surface area contributed by atoms with Crippen LogP contribution < -0.4 is 16.0 Å². The smallest absolute Gasteiger partial charge is 0.251 e. The van der Waals surface area contributed by atoms with Gasteiger partial charge in [0.15, 0.2) is 17.2 Å². The second-order valence-electron chi connectivity index (χ2n) is 5.75. The fourth-order valence-electron chi connectivity index (χ4n) is 2.78. The Morgan fingerprint density at radius 2 is 1.81 bits per heavy atom. The third-order valence-electron chi connectivity index (χ3n) is 4.04. The zero-order chi connectivity index (χ0) is 18.8. The number of nitrogen functional groups attached to an aromatic ring is 1. The summed E-state index contributed by atoms with van der Waals surface area (Å²) < 4.78 is 6.82. The summed E-state index contributed by atoms with van der Waals surface area (Å²) in [6, 6.07) is 18.1. The molecule has 0 fully saturated rings. The molecular formula is C19H16N6O2. The number of ether oxygens (including phenoxy) is 1. The van der Waals surface area contributed by atoms with Crippen molar-refractivity contribution in [1.29, 1.82) is 0 Å². The lowest BCUT2D eigenvalue weighted by atomic mass is 10.1. The van der Waals surface area contributed by atoms with E-state index in [2.05, 4.69) is 20.3 Å². The van der Waals surface area contributed by atoms with Crippen molar-refractivity contribution in [2.75, 3.05) is 12.8 Å². The van der Waals surface area contributed by atoms with Crippen molar-refractivity contribution in [3.63, 3.8) is 0 Å². The van der Waals surface area contributed by atoms with Crippen LogP contribution in [0.1, 0.15) is 0 Å². The second-order valence-corrected chi connectivity index (χ2v) is 5.75. The Kier molecular flexibility index (Phi) is 4.13. The number of hydrogen-bond acceptors (Lipinski definition) is 6. The van der Waals surface area contributed by atoms with Crippen molar-refractivity contribution < 1.29 is 4.74 Å². The summed E-state index contributed by atoms with van der Waals surface area (Å²) in [6.45, 7) is 0. The molecule has 4 aromatic rings. The Balaban J connectivity index is 1.88. The Morgan fingerprint density at radius 3 is 2.59 bits per heavy atom. The Hall–Kier alpha value is -3.94. The van der Waals surface area contributed by atoms with Crippen molar-refractivity contribution in [3.05, 3.63) is 71.0 Å². The van der Waals surface area contributed by atoms with Crippen LogP contribution in [0.2, 0.25) is 0 Å². The minimum absolute atomic E-state index is 0.160. The number of nitrogens with one attached hydrogen (secondary N) is 1. The van der Waals surface area contributed by atoms with E-state index in [1.165, 1.54) is 6.07 Å². The number of azo groups is 1. The van der Waals surface area contributed by atoms with Crippen LogP contribution in [-0.2, 0) is 0 Å². The van der Waals surface area contributed by atoms with Gasteiger partial charge < -0.3 is 15.5 Å². The average Bonchev–Trinajstić information content (AvgIpc) is 3.01. The van der Waals surface area contributed by atoms with Crippen LogP contribution in [0.4, 0.5) is 17.2 Å². The summed E-state index contributed by atoms with van der Waals surface area (Å²) in [4.78, 5) is 14.9. The quantitative estimate of drug-likeness (QED) is 0.541. The summed E-state index contributed by atoms with van der Waals surface area (Å²) in [5.41, 5.74) is 8.41. The number of para-hydroxylation sites is 1. The number of anilines is 1. The van der Waals surface area contributed by atoms with Gasteiger partial charge >= 0.3 is 0 Å². The average molecular weight is 360 g/mol. The van der Waals surface area contributed by atoms with Gasteiger partial charge in [-0.15, -0.1) is 15.3 Å². The molecule has 0 aliphatic carbocycles. The summed E-state index contributed by atoms with van der Waals surface area (Å²) in [7, 11) is 1.56. The number of aromatic nitrogens is 3. The van der Waals surface area contributed by atoms with Gasteiger partial charge in [0, 0.05) is 11.6 Å². The fourth-order valence-corrected chi connectivity index (χ4v) is 2.78. The van der Waals surface area contributed by atoms with E-state index in [1.807, 2.05) is 42.5 Å². The van der Waals surface area contributed by atoms with Gasteiger partial charge in [-0.2, -0.15) is 0 Å². The Morgan fingerprint density at radius 1 is 1.07 bits per heavy atom. The van der Waals surface area contributed by atoms with Gasteiger partial charge in [-0.1, -0.05) is 42.5 Å². The largest absolute Gasteiger partial charge is 0.494 e. The molecule has 4 rings (SSSR count). The maximum Gasteiger partial charge on any atom is 0.251 e. The molecule has 2 aromatic heterocycles. The van der Waals surface area contributed by atoms with Crippen LogP contribution >= 0.6 is 0 Å². The minimum atomic E-state index is -0.282. The van der Waals surface area contributed by atoms with E-state index in [4.69, 9.17) is 10.5 Å². The van der Waals surface area contributed by atoms with E-state index in [-0.39, 0.29) is 17.1 Å². The zero-order valence-corrected chi connectivity index (χ0v) is 14.5. The van der Waals surface area contributed by atoms with Crippen LogP contribution in [0.3, 0.4) is 0 Å². The van der Waals surface area contributed by atoms with E-state index in [0.29, 0.717) is 22.8 Å². The van der Waals surface area contributed by atoms with Crippen molar-refractivity contribution in [1.82, 2.24) is 14.6 Å². The first-order valence-corrected chi connectivity index (χ1v) is 8.19.